The monoisotopic (exact) mass is 477 g/mol. The number of rotatable bonds is 11. The molecule has 4 nitrogen and oxygen atoms in total. The van der Waals surface area contributed by atoms with Crippen molar-refractivity contribution in [2.75, 3.05) is 26.2 Å². The molecular weight excluding hydrogens is 444 g/mol. The van der Waals surface area contributed by atoms with E-state index in [-0.39, 0.29) is 23.5 Å². The first kappa shape index (κ1) is 25.2. The highest BCUT2D eigenvalue weighted by Crippen LogP contribution is 2.22. The van der Waals surface area contributed by atoms with Gasteiger partial charge in [-0.05, 0) is 84.9 Å². The molecule has 0 unspecified atom stereocenters. The van der Waals surface area contributed by atoms with Crippen LogP contribution in [0.5, 0.6) is 0 Å². The maximum atomic E-state index is 13.4. The SMILES string of the molecule is O=C(CCCNCCNC(c1ccc(F)cc1)c1ccc(F)cc1)c1ccc2c(c1)CNCCC2. The zero-order valence-corrected chi connectivity index (χ0v) is 20.0. The standard InChI is InChI=1S/C29H33F2N3O/c30-26-11-7-22(8-12-26)29(23-9-13-27(31)14-10-23)34-18-17-32-15-2-4-28(35)24-6-5-21-3-1-16-33-20-25(21)19-24/h5-14,19,29,32-34H,1-4,15-18,20H2. The van der Waals surface area contributed by atoms with Gasteiger partial charge in [-0.1, -0.05) is 36.4 Å². The quantitative estimate of drug-likeness (QED) is 0.271. The van der Waals surface area contributed by atoms with Crippen molar-refractivity contribution < 1.29 is 13.6 Å². The molecule has 1 heterocycles. The molecule has 3 aromatic rings. The molecule has 4 rings (SSSR count). The third-order valence-corrected chi connectivity index (χ3v) is 6.46. The summed E-state index contributed by atoms with van der Waals surface area (Å²) in [7, 11) is 0. The lowest BCUT2D eigenvalue weighted by Crippen LogP contribution is -2.31. The molecule has 0 aliphatic carbocycles. The summed E-state index contributed by atoms with van der Waals surface area (Å²) in [6.45, 7) is 4.00. The number of nitrogens with one attached hydrogen (secondary N) is 3. The first-order valence-corrected chi connectivity index (χ1v) is 12.4. The van der Waals surface area contributed by atoms with Crippen LogP contribution in [0.25, 0.3) is 0 Å². The summed E-state index contributed by atoms with van der Waals surface area (Å²) in [6.07, 6.45) is 3.49. The summed E-state index contributed by atoms with van der Waals surface area (Å²) in [5.74, 6) is -0.389. The Balaban J connectivity index is 1.21. The molecule has 3 aromatic carbocycles. The molecule has 0 bridgehead atoms. The van der Waals surface area contributed by atoms with E-state index in [1.807, 2.05) is 6.07 Å². The van der Waals surface area contributed by atoms with Crippen molar-refractivity contribution in [3.05, 3.63) is 106 Å². The summed E-state index contributed by atoms with van der Waals surface area (Å²) in [4.78, 5) is 12.6. The third-order valence-electron chi connectivity index (χ3n) is 6.46. The Morgan fingerprint density at radius 2 is 1.54 bits per heavy atom. The van der Waals surface area contributed by atoms with Crippen LogP contribution in [-0.2, 0) is 13.0 Å². The van der Waals surface area contributed by atoms with Crippen molar-refractivity contribution in [1.82, 2.24) is 16.0 Å². The van der Waals surface area contributed by atoms with Gasteiger partial charge in [0.15, 0.2) is 5.78 Å². The van der Waals surface area contributed by atoms with Crippen molar-refractivity contribution in [1.29, 1.82) is 0 Å². The van der Waals surface area contributed by atoms with Crippen LogP contribution in [-0.4, -0.2) is 32.0 Å². The fourth-order valence-corrected chi connectivity index (χ4v) is 4.52. The highest BCUT2D eigenvalue weighted by Gasteiger charge is 2.14. The molecule has 0 atom stereocenters. The number of benzene rings is 3. The van der Waals surface area contributed by atoms with E-state index in [9.17, 15) is 13.6 Å². The molecule has 1 aliphatic heterocycles. The summed E-state index contributed by atoms with van der Waals surface area (Å²) in [6, 6.07) is 18.7. The van der Waals surface area contributed by atoms with E-state index in [2.05, 4.69) is 28.1 Å². The van der Waals surface area contributed by atoms with Crippen LogP contribution >= 0.6 is 0 Å². The van der Waals surface area contributed by atoms with Crippen molar-refractivity contribution in [3.8, 4) is 0 Å². The van der Waals surface area contributed by atoms with Crippen molar-refractivity contribution in [3.63, 3.8) is 0 Å². The maximum absolute atomic E-state index is 13.4. The van der Waals surface area contributed by atoms with Crippen molar-refractivity contribution >= 4 is 5.78 Å². The topological polar surface area (TPSA) is 53.2 Å². The molecule has 0 fully saturated rings. The van der Waals surface area contributed by atoms with Crippen LogP contribution in [0.15, 0.2) is 66.7 Å². The Bertz CT molecular complexity index is 1050. The number of Topliss-reactive ketones (excluding diaryl/α,β-unsaturated/α-hetero) is 1. The van der Waals surface area contributed by atoms with Gasteiger partial charge in [0, 0.05) is 31.6 Å². The minimum atomic E-state index is -0.287. The van der Waals surface area contributed by atoms with Crippen LogP contribution in [0.2, 0.25) is 0 Å². The zero-order valence-electron chi connectivity index (χ0n) is 20.0. The van der Waals surface area contributed by atoms with E-state index < -0.39 is 0 Å². The highest BCUT2D eigenvalue weighted by molar-refractivity contribution is 5.96. The van der Waals surface area contributed by atoms with Gasteiger partial charge in [-0.25, -0.2) is 8.78 Å². The number of hydrogen-bond donors (Lipinski definition) is 3. The van der Waals surface area contributed by atoms with Crippen molar-refractivity contribution in [2.24, 2.45) is 0 Å². The molecule has 3 N–H and O–H groups in total. The van der Waals surface area contributed by atoms with Crippen LogP contribution < -0.4 is 16.0 Å². The molecular formula is C29H33F2N3O. The molecule has 0 radical (unpaired) electrons. The molecule has 0 aromatic heterocycles. The van der Waals surface area contributed by atoms with Crippen LogP contribution in [0.1, 0.15) is 57.9 Å². The van der Waals surface area contributed by atoms with Gasteiger partial charge in [-0.15, -0.1) is 0 Å². The number of carbonyl (C=O) groups excluding carboxylic acids is 1. The van der Waals surface area contributed by atoms with E-state index >= 15 is 0 Å². The van der Waals surface area contributed by atoms with Gasteiger partial charge < -0.3 is 16.0 Å². The van der Waals surface area contributed by atoms with Gasteiger partial charge in [-0.3, -0.25) is 4.79 Å². The second kappa shape index (κ2) is 12.7. The minimum absolute atomic E-state index is 0.165. The second-order valence-corrected chi connectivity index (χ2v) is 9.03. The maximum Gasteiger partial charge on any atom is 0.162 e. The average Bonchev–Trinajstić information content (AvgIpc) is 3.12. The van der Waals surface area contributed by atoms with Crippen LogP contribution in [0.4, 0.5) is 8.78 Å². The van der Waals surface area contributed by atoms with Gasteiger partial charge >= 0.3 is 0 Å². The lowest BCUT2D eigenvalue weighted by atomic mass is 9.98. The molecule has 1 aliphatic rings. The normalized spacial score (nSPS) is 13.5. The summed E-state index contributed by atoms with van der Waals surface area (Å²) >= 11 is 0. The number of ketones is 1. The smallest absolute Gasteiger partial charge is 0.162 e. The number of halogens is 2. The zero-order chi connectivity index (χ0) is 24.5. The lowest BCUT2D eigenvalue weighted by Gasteiger charge is -2.20. The number of fused-ring (bicyclic) bond motifs is 1. The Morgan fingerprint density at radius 3 is 2.23 bits per heavy atom. The molecule has 0 amide bonds. The molecule has 35 heavy (non-hydrogen) atoms. The second-order valence-electron chi connectivity index (χ2n) is 9.03. The number of hydrogen-bond acceptors (Lipinski definition) is 4. The van der Waals surface area contributed by atoms with Gasteiger partial charge in [0.2, 0.25) is 0 Å². The molecule has 6 heteroatoms. The predicted octanol–water partition coefficient (Wildman–Crippen LogP) is 4.93. The Hall–Kier alpha value is -2.93. The van der Waals surface area contributed by atoms with Gasteiger partial charge in [0.1, 0.15) is 11.6 Å². The molecule has 0 saturated carbocycles. The Morgan fingerprint density at radius 1 is 0.857 bits per heavy atom. The highest BCUT2D eigenvalue weighted by atomic mass is 19.1. The lowest BCUT2D eigenvalue weighted by molar-refractivity contribution is 0.0980. The fraction of sp³-hybridized carbons (Fsp3) is 0.345. The summed E-state index contributed by atoms with van der Waals surface area (Å²) in [5.41, 5.74) is 5.23. The third kappa shape index (κ3) is 7.28. The van der Waals surface area contributed by atoms with Crippen LogP contribution in [0, 0.1) is 11.6 Å². The van der Waals surface area contributed by atoms with Gasteiger partial charge in [-0.2, -0.15) is 0 Å². The Kier molecular flexibility index (Phi) is 9.12. The fourth-order valence-electron chi connectivity index (χ4n) is 4.52. The predicted molar refractivity (Wildman–Crippen MR) is 136 cm³/mol. The average molecular weight is 478 g/mol. The first-order valence-electron chi connectivity index (χ1n) is 12.4. The summed E-state index contributed by atoms with van der Waals surface area (Å²) in [5, 5.41) is 10.3. The van der Waals surface area contributed by atoms with E-state index in [0.717, 1.165) is 62.1 Å². The Labute approximate surface area is 206 Å². The van der Waals surface area contributed by atoms with Gasteiger partial charge in [0.05, 0.1) is 6.04 Å². The summed E-state index contributed by atoms with van der Waals surface area (Å²) < 4.78 is 26.8. The van der Waals surface area contributed by atoms with Gasteiger partial charge in [0.25, 0.3) is 0 Å². The molecule has 184 valence electrons. The van der Waals surface area contributed by atoms with Crippen LogP contribution in [0.3, 0.4) is 0 Å². The molecule has 0 spiro atoms. The van der Waals surface area contributed by atoms with E-state index in [1.54, 1.807) is 24.3 Å². The largest absolute Gasteiger partial charge is 0.315 e. The van der Waals surface area contributed by atoms with E-state index in [0.29, 0.717) is 13.0 Å². The number of carbonyl (C=O) groups is 1. The van der Waals surface area contributed by atoms with E-state index in [4.69, 9.17) is 0 Å². The van der Waals surface area contributed by atoms with Crippen molar-refractivity contribution in [2.45, 2.75) is 38.3 Å². The number of aryl methyl sites for hydroxylation is 1. The minimum Gasteiger partial charge on any atom is -0.315 e. The van der Waals surface area contributed by atoms with E-state index in [1.165, 1.54) is 35.4 Å². The molecule has 0 saturated heterocycles. The first-order chi connectivity index (χ1) is 17.1.